The van der Waals surface area contributed by atoms with Crippen molar-refractivity contribution in [2.24, 2.45) is 20.6 Å². The molecule has 2 aromatic rings. The number of nitrogens with two attached hydrogens (primary N) is 1. The highest BCUT2D eigenvalue weighted by Gasteiger charge is 2.12. The van der Waals surface area contributed by atoms with Gasteiger partial charge in [0.25, 0.3) is 5.69 Å². The number of anilines is 1. The van der Waals surface area contributed by atoms with Gasteiger partial charge in [-0.15, -0.1) is 0 Å². The number of para-hydroxylation sites is 2. The van der Waals surface area contributed by atoms with E-state index in [0.717, 1.165) is 5.56 Å². The first kappa shape index (κ1) is 29.6. The van der Waals surface area contributed by atoms with Crippen LogP contribution in [0.5, 0.6) is 0 Å². The summed E-state index contributed by atoms with van der Waals surface area (Å²) in [5.41, 5.74) is 10.3. The van der Waals surface area contributed by atoms with Crippen molar-refractivity contribution in [2.45, 2.75) is 40.9 Å². The molecule has 194 valence electrons. The summed E-state index contributed by atoms with van der Waals surface area (Å²) in [5, 5.41) is 26.0. The minimum Gasteiger partial charge on any atom is -0.399 e. The molecule has 0 saturated heterocycles. The zero-order valence-electron chi connectivity index (χ0n) is 21.3. The molecule has 0 fully saturated rings. The number of benzene rings is 2. The third-order valence-corrected chi connectivity index (χ3v) is 4.59. The fraction of sp³-hybridized carbons (Fsp3) is 0.333. The average molecular weight is 501 g/mol. The standard InChI is InChI=1S/C12H15N3O4.C12H17N3O2/c1-9(13-18-3)10(2)14-19-8-11-6-4-5-7-12(11)15(16)17;1-9(14-16-3)10(2)15-17-8-11-6-4-5-7-12(11)13/h4-7H,8H2,1-3H3;4-7H,8,13H2,1-3H3/b13-9+,14-10+;14-9+,15-10+. The van der Waals surface area contributed by atoms with Crippen molar-refractivity contribution < 1.29 is 24.3 Å². The average Bonchev–Trinajstić information content (AvgIpc) is 2.86. The molecule has 0 aliphatic heterocycles. The van der Waals surface area contributed by atoms with Crippen LogP contribution in [0.4, 0.5) is 11.4 Å². The number of nitrogen functional groups attached to an aromatic ring is 1. The second kappa shape index (κ2) is 16.2. The lowest BCUT2D eigenvalue weighted by atomic mass is 10.2. The molecule has 2 N–H and O–H groups in total. The van der Waals surface area contributed by atoms with Gasteiger partial charge in [-0.1, -0.05) is 51.0 Å². The molecule has 0 spiro atoms. The summed E-state index contributed by atoms with van der Waals surface area (Å²) < 4.78 is 0. The zero-order chi connectivity index (χ0) is 26.9. The Hall–Kier alpha value is -4.48. The molecule has 0 atom stereocenters. The Labute approximate surface area is 210 Å². The van der Waals surface area contributed by atoms with Crippen molar-refractivity contribution >= 4 is 34.2 Å². The lowest BCUT2D eigenvalue weighted by Gasteiger charge is -2.04. The van der Waals surface area contributed by atoms with E-state index >= 15 is 0 Å². The van der Waals surface area contributed by atoms with Gasteiger partial charge >= 0.3 is 0 Å². The van der Waals surface area contributed by atoms with E-state index in [-0.39, 0.29) is 12.3 Å². The molecular formula is C24H32N6O6. The van der Waals surface area contributed by atoms with Crippen molar-refractivity contribution in [3.05, 3.63) is 69.8 Å². The molecule has 2 rings (SSSR count). The van der Waals surface area contributed by atoms with E-state index in [4.69, 9.17) is 15.4 Å². The van der Waals surface area contributed by atoms with Crippen LogP contribution in [0, 0.1) is 10.1 Å². The fourth-order valence-electron chi connectivity index (χ4n) is 2.41. The van der Waals surface area contributed by atoms with Crippen molar-refractivity contribution in [1.82, 2.24) is 0 Å². The van der Waals surface area contributed by atoms with Crippen LogP contribution in [0.25, 0.3) is 0 Å². The van der Waals surface area contributed by atoms with Crippen LogP contribution >= 0.6 is 0 Å². The first-order chi connectivity index (χ1) is 17.2. The maximum absolute atomic E-state index is 10.8. The Morgan fingerprint density at radius 1 is 0.750 bits per heavy atom. The molecule has 0 unspecified atom stereocenters. The molecule has 0 bridgehead atoms. The normalized spacial score (nSPS) is 12.3. The highest BCUT2D eigenvalue weighted by Crippen LogP contribution is 2.18. The molecule has 0 aliphatic rings. The van der Waals surface area contributed by atoms with Crippen LogP contribution in [-0.2, 0) is 32.6 Å². The lowest BCUT2D eigenvalue weighted by Crippen LogP contribution is -2.07. The molecule has 0 aliphatic carbocycles. The summed E-state index contributed by atoms with van der Waals surface area (Å²) >= 11 is 0. The molecule has 12 nitrogen and oxygen atoms in total. The second-order valence-corrected chi connectivity index (χ2v) is 7.20. The van der Waals surface area contributed by atoms with Crippen molar-refractivity contribution in [1.29, 1.82) is 0 Å². The van der Waals surface area contributed by atoms with E-state index in [9.17, 15) is 10.1 Å². The van der Waals surface area contributed by atoms with E-state index in [0.29, 0.717) is 40.7 Å². The molecule has 0 saturated carbocycles. The van der Waals surface area contributed by atoms with Crippen LogP contribution in [0.3, 0.4) is 0 Å². The van der Waals surface area contributed by atoms with Gasteiger partial charge in [0.2, 0.25) is 0 Å². The Balaban J connectivity index is 0.000000362. The van der Waals surface area contributed by atoms with Crippen LogP contribution in [-0.4, -0.2) is 42.0 Å². The van der Waals surface area contributed by atoms with Gasteiger partial charge < -0.3 is 25.1 Å². The van der Waals surface area contributed by atoms with E-state index in [1.165, 1.54) is 20.3 Å². The molecule has 12 heteroatoms. The topological polar surface area (TPSA) is 156 Å². The highest BCUT2D eigenvalue weighted by molar-refractivity contribution is 6.40. The Bertz CT molecular complexity index is 1110. The Kier molecular flexibility index (Phi) is 13.3. The van der Waals surface area contributed by atoms with Gasteiger partial charge in [-0.05, 0) is 39.8 Å². The van der Waals surface area contributed by atoms with Crippen LogP contribution in [0.15, 0.2) is 69.2 Å². The first-order valence-corrected chi connectivity index (χ1v) is 10.8. The Morgan fingerprint density at radius 2 is 1.17 bits per heavy atom. The largest absolute Gasteiger partial charge is 0.399 e. The monoisotopic (exact) mass is 500 g/mol. The Morgan fingerprint density at radius 3 is 1.64 bits per heavy atom. The van der Waals surface area contributed by atoms with Gasteiger partial charge in [-0.2, -0.15) is 0 Å². The summed E-state index contributed by atoms with van der Waals surface area (Å²) in [7, 11) is 2.92. The van der Waals surface area contributed by atoms with E-state index in [2.05, 4.69) is 30.3 Å². The number of hydrogen-bond acceptors (Lipinski definition) is 11. The molecule has 0 amide bonds. The van der Waals surface area contributed by atoms with Crippen LogP contribution < -0.4 is 5.73 Å². The predicted octanol–water partition coefficient (Wildman–Crippen LogP) is 4.69. The third-order valence-electron chi connectivity index (χ3n) is 4.59. The third kappa shape index (κ3) is 10.6. The fourth-order valence-corrected chi connectivity index (χ4v) is 2.41. The SMILES string of the molecule is CO/N=C(C)/C(C)=N/OCc1ccccc1N.CO/N=C(C)/C(C)=N/OCc1ccccc1[N+](=O)[O-]. The molecule has 2 aromatic carbocycles. The van der Waals surface area contributed by atoms with Crippen LogP contribution in [0.1, 0.15) is 38.8 Å². The molecule has 0 radical (unpaired) electrons. The highest BCUT2D eigenvalue weighted by atomic mass is 16.6. The quantitative estimate of drug-likeness (QED) is 0.203. The summed E-state index contributed by atoms with van der Waals surface area (Å²) in [4.78, 5) is 29.9. The smallest absolute Gasteiger partial charge is 0.276 e. The van der Waals surface area contributed by atoms with Gasteiger partial charge in [-0.25, -0.2) is 0 Å². The molecule has 36 heavy (non-hydrogen) atoms. The summed E-state index contributed by atoms with van der Waals surface area (Å²) in [6.07, 6.45) is 0. The van der Waals surface area contributed by atoms with E-state index in [1.807, 2.05) is 24.3 Å². The van der Waals surface area contributed by atoms with Crippen molar-refractivity contribution in [3.8, 4) is 0 Å². The van der Waals surface area contributed by atoms with Gasteiger partial charge in [0.05, 0.1) is 10.5 Å². The molecule has 0 aromatic heterocycles. The zero-order valence-corrected chi connectivity index (χ0v) is 21.3. The predicted molar refractivity (Wildman–Crippen MR) is 140 cm³/mol. The first-order valence-electron chi connectivity index (χ1n) is 10.8. The summed E-state index contributed by atoms with van der Waals surface area (Å²) in [5.74, 6) is 0. The number of hydrogen-bond donors (Lipinski definition) is 1. The lowest BCUT2D eigenvalue weighted by molar-refractivity contribution is -0.386. The number of nitro benzene ring substituents is 1. The van der Waals surface area contributed by atoms with E-state index in [1.54, 1.807) is 45.9 Å². The van der Waals surface area contributed by atoms with Gasteiger partial charge in [0, 0.05) is 17.3 Å². The molecular weight excluding hydrogens is 468 g/mol. The minimum atomic E-state index is -0.451. The minimum absolute atomic E-state index is 0.0117. The van der Waals surface area contributed by atoms with Gasteiger partial charge in [-0.3, -0.25) is 10.1 Å². The van der Waals surface area contributed by atoms with Crippen molar-refractivity contribution in [2.75, 3.05) is 20.0 Å². The molecule has 0 heterocycles. The number of nitrogens with zero attached hydrogens (tertiary/aromatic N) is 5. The maximum atomic E-state index is 10.8. The van der Waals surface area contributed by atoms with Gasteiger partial charge in [0.1, 0.15) is 50.3 Å². The summed E-state index contributed by atoms with van der Waals surface area (Å²) in [6.45, 7) is 7.38. The van der Waals surface area contributed by atoms with Crippen molar-refractivity contribution in [3.63, 3.8) is 0 Å². The number of oxime groups is 4. The number of nitro groups is 1. The second-order valence-electron chi connectivity index (χ2n) is 7.20. The van der Waals surface area contributed by atoms with Gasteiger partial charge in [0.15, 0.2) is 0 Å². The summed E-state index contributed by atoms with van der Waals surface area (Å²) in [6, 6.07) is 13.9. The number of rotatable bonds is 11. The van der Waals surface area contributed by atoms with E-state index < -0.39 is 4.92 Å². The van der Waals surface area contributed by atoms with Crippen LogP contribution in [0.2, 0.25) is 0 Å². The maximum Gasteiger partial charge on any atom is 0.276 e.